The third-order valence-corrected chi connectivity index (χ3v) is 5.90. The molecule has 0 saturated heterocycles. The second kappa shape index (κ2) is 13.1. The van der Waals surface area contributed by atoms with Crippen molar-refractivity contribution in [3.05, 3.63) is 94.5 Å². The van der Waals surface area contributed by atoms with Gasteiger partial charge in [0.15, 0.2) is 0 Å². The number of aryl methyl sites for hydroxylation is 1. The van der Waals surface area contributed by atoms with Crippen LogP contribution >= 0.6 is 0 Å². The first-order valence-corrected chi connectivity index (χ1v) is 12.2. The van der Waals surface area contributed by atoms with Gasteiger partial charge in [0.1, 0.15) is 18.1 Å². The highest BCUT2D eigenvalue weighted by molar-refractivity contribution is 5.96. The zero-order chi connectivity index (χ0) is 26.8. The number of benzene rings is 3. The number of ether oxygens (including phenoxy) is 2. The van der Waals surface area contributed by atoms with Crippen molar-refractivity contribution in [3.63, 3.8) is 0 Å². The standard InChI is InChI=1S/C30H32N2O5/c1-20(2)14-28(24-7-5-8-25(17-24)36-3)32-30(35)27-16-22(10-11-23(27)12-13-29(33)34)19-37-26-9-4-6-21(15-26)18-31/h4-11,15-17,20,28H,12-14,19H2,1-3H3,(H,32,35)(H,33,34). The van der Waals surface area contributed by atoms with Crippen molar-refractivity contribution in [1.29, 1.82) is 5.26 Å². The number of carbonyl (C=O) groups excluding carboxylic acids is 1. The van der Waals surface area contributed by atoms with E-state index in [4.69, 9.17) is 14.7 Å². The SMILES string of the molecule is COc1cccc(C(CC(C)C)NC(=O)c2cc(COc3cccc(C#N)c3)ccc2CCC(=O)O)c1. The van der Waals surface area contributed by atoms with Crippen LogP contribution in [0.15, 0.2) is 66.7 Å². The number of carboxylic acids is 1. The van der Waals surface area contributed by atoms with Gasteiger partial charge in [-0.2, -0.15) is 5.26 Å². The molecule has 0 aliphatic carbocycles. The maximum absolute atomic E-state index is 13.6. The molecule has 1 unspecified atom stereocenters. The van der Waals surface area contributed by atoms with Crippen LogP contribution in [-0.2, 0) is 17.8 Å². The summed E-state index contributed by atoms with van der Waals surface area (Å²) in [5.74, 6) is 0.386. The smallest absolute Gasteiger partial charge is 0.303 e. The summed E-state index contributed by atoms with van der Waals surface area (Å²) in [6.45, 7) is 4.38. The van der Waals surface area contributed by atoms with Gasteiger partial charge in [-0.15, -0.1) is 0 Å². The third kappa shape index (κ3) is 8.11. The lowest BCUT2D eigenvalue weighted by atomic mass is 9.95. The summed E-state index contributed by atoms with van der Waals surface area (Å²) < 4.78 is 11.2. The number of amides is 1. The molecule has 0 fully saturated rings. The number of aliphatic carboxylic acids is 1. The molecular weight excluding hydrogens is 468 g/mol. The van der Waals surface area contributed by atoms with Crippen LogP contribution in [0, 0.1) is 17.2 Å². The summed E-state index contributed by atoms with van der Waals surface area (Å²) in [5.41, 5.74) is 3.27. The molecule has 1 amide bonds. The normalized spacial score (nSPS) is 11.4. The van der Waals surface area contributed by atoms with Gasteiger partial charge in [0, 0.05) is 12.0 Å². The first-order valence-electron chi connectivity index (χ1n) is 12.2. The maximum Gasteiger partial charge on any atom is 0.303 e. The number of methoxy groups -OCH3 is 1. The van der Waals surface area contributed by atoms with Crippen LogP contribution in [0.1, 0.15) is 65.3 Å². The first kappa shape index (κ1) is 27.3. The molecule has 0 aromatic heterocycles. The van der Waals surface area contributed by atoms with Gasteiger partial charge in [-0.05, 0) is 71.8 Å². The van der Waals surface area contributed by atoms with Crippen molar-refractivity contribution in [2.45, 2.75) is 45.8 Å². The number of nitrogens with one attached hydrogen (secondary N) is 1. The predicted octanol–water partition coefficient (Wildman–Crippen LogP) is 5.68. The van der Waals surface area contributed by atoms with Gasteiger partial charge in [0.2, 0.25) is 0 Å². The van der Waals surface area contributed by atoms with E-state index in [9.17, 15) is 14.7 Å². The highest BCUT2D eigenvalue weighted by Gasteiger charge is 2.20. The van der Waals surface area contributed by atoms with Crippen LogP contribution in [-0.4, -0.2) is 24.1 Å². The van der Waals surface area contributed by atoms with Crippen molar-refractivity contribution in [2.24, 2.45) is 5.92 Å². The molecule has 192 valence electrons. The Bertz CT molecular complexity index is 1280. The van der Waals surface area contributed by atoms with Gasteiger partial charge in [-0.25, -0.2) is 0 Å². The van der Waals surface area contributed by atoms with Gasteiger partial charge >= 0.3 is 5.97 Å². The third-order valence-electron chi connectivity index (χ3n) is 5.90. The van der Waals surface area contributed by atoms with Gasteiger partial charge in [-0.1, -0.05) is 44.2 Å². The molecule has 0 spiro atoms. The molecule has 37 heavy (non-hydrogen) atoms. The summed E-state index contributed by atoms with van der Waals surface area (Å²) in [6, 6.07) is 21.7. The average Bonchev–Trinajstić information content (AvgIpc) is 2.90. The van der Waals surface area contributed by atoms with E-state index in [0.29, 0.717) is 34.1 Å². The summed E-state index contributed by atoms with van der Waals surface area (Å²) in [6.07, 6.45) is 0.876. The van der Waals surface area contributed by atoms with Gasteiger partial charge in [0.05, 0.1) is 24.8 Å². The summed E-state index contributed by atoms with van der Waals surface area (Å²) in [4.78, 5) is 24.8. The number of carbonyl (C=O) groups is 2. The Morgan fingerprint density at radius 1 is 1.03 bits per heavy atom. The van der Waals surface area contributed by atoms with Crippen LogP contribution in [0.2, 0.25) is 0 Å². The van der Waals surface area contributed by atoms with Crippen molar-refractivity contribution < 1.29 is 24.2 Å². The monoisotopic (exact) mass is 500 g/mol. The van der Waals surface area contributed by atoms with E-state index in [1.807, 2.05) is 30.3 Å². The quantitative estimate of drug-likeness (QED) is 0.331. The Balaban J connectivity index is 1.87. The second-order valence-electron chi connectivity index (χ2n) is 9.25. The molecule has 7 heteroatoms. The zero-order valence-corrected chi connectivity index (χ0v) is 21.4. The lowest BCUT2D eigenvalue weighted by molar-refractivity contribution is -0.136. The predicted molar refractivity (Wildman–Crippen MR) is 141 cm³/mol. The molecule has 3 aromatic rings. The maximum atomic E-state index is 13.6. The minimum absolute atomic E-state index is 0.0810. The molecule has 0 aliphatic heterocycles. The largest absolute Gasteiger partial charge is 0.497 e. The fourth-order valence-electron chi connectivity index (χ4n) is 4.05. The first-order chi connectivity index (χ1) is 17.8. The molecule has 1 atom stereocenters. The van der Waals surface area contributed by atoms with E-state index in [2.05, 4.69) is 25.2 Å². The van der Waals surface area contributed by atoms with Crippen molar-refractivity contribution in [3.8, 4) is 17.6 Å². The van der Waals surface area contributed by atoms with Crippen LogP contribution < -0.4 is 14.8 Å². The lowest BCUT2D eigenvalue weighted by Gasteiger charge is -2.23. The minimum atomic E-state index is -0.926. The Labute approximate surface area is 217 Å². The molecule has 0 radical (unpaired) electrons. The number of rotatable bonds is 12. The van der Waals surface area contributed by atoms with Gasteiger partial charge < -0.3 is 19.9 Å². The Morgan fingerprint density at radius 2 is 1.78 bits per heavy atom. The molecule has 0 saturated carbocycles. The van der Waals surface area contributed by atoms with Crippen LogP contribution in [0.3, 0.4) is 0 Å². The highest BCUT2D eigenvalue weighted by Crippen LogP contribution is 2.26. The van der Waals surface area contributed by atoms with Crippen molar-refractivity contribution in [2.75, 3.05) is 7.11 Å². The number of nitrogens with zero attached hydrogens (tertiary/aromatic N) is 1. The summed E-state index contributed by atoms with van der Waals surface area (Å²) in [7, 11) is 1.61. The molecule has 3 rings (SSSR count). The van der Waals surface area contributed by atoms with Gasteiger partial charge in [0.25, 0.3) is 5.91 Å². The van der Waals surface area contributed by atoms with E-state index < -0.39 is 5.97 Å². The molecule has 0 aliphatic rings. The molecule has 3 aromatic carbocycles. The average molecular weight is 501 g/mol. The van der Waals surface area contributed by atoms with Crippen LogP contribution in [0.4, 0.5) is 0 Å². The fourth-order valence-corrected chi connectivity index (χ4v) is 4.05. The van der Waals surface area contributed by atoms with E-state index in [-0.39, 0.29) is 31.4 Å². The number of hydrogen-bond acceptors (Lipinski definition) is 5. The summed E-state index contributed by atoms with van der Waals surface area (Å²) >= 11 is 0. The lowest BCUT2D eigenvalue weighted by Crippen LogP contribution is -2.30. The second-order valence-corrected chi connectivity index (χ2v) is 9.25. The molecular formula is C30H32N2O5. The fraction of sp³-hybridized carbons (Fsp3) is 0.300. The van der Waals surface area contributed by atoms with E-state index >= 15 is 0 Å². The Kier molecular flexibility index (Phi) is 9.68. The topological polar surface area (TPSA) is 109 Å². The Morgan fingerprint density at radius 3 is 2.49 bits per heavy atom. The van der Waals surface area contributed by atoms with Crippen LogP contribution in [0.5, 0.6) is 11.5 Å². The highest BCUT2D eigenvalue weighted by atomic mass is 16.5. The minimum Gasteiger partial charge on any atom is -0.497 e. The zero-order valence-electron chi connectivity index (χ0n) is 21.4. The molecule has 0 heterocycles. The number of hydrogen-bond donors (Lipinski definition) is 2. The van der Waals surface area contributed by atoms with E-state index in [1.165, 1.54) is 0 Å². The molecule has 2 N–H and O–H groups in total. The molecule has 0 bridgehead atoms. The number of carboxylic acid groups (broad SMARTS) is 1. The number of nitriles is 1. The van der Waals surface area contributed by atoms with Crippen molar-refractivity contribution >= 4 is 11.9 Å². The summed E-state index contributed by atoms with van der Waals surface area (Å²) in [5, 5.41) is 21.5. The van der Waals surface area contributed by atoms with Crippen molar-refractivity contribution in [1.82, 2.24) is 5.32 Å². The van der Waals surface area contributed by atoms with E-state index in [0.717, 1.165) is 17.5 Å². The van der Waals surface area contributed by atoms with Gasteiger partial charge in [-0.3, -0.25) is 9.59 Å². The molecule has 7 nitrogen and oxygen atoms in total. The van der Waals surface area contributed by atoms with E-state index in [1.54, 1.807) is 43.5 Å². The van der Waals surface area contributed by atoms with Crippen LogP contribution in [0.25, 0.3) is 0 Å². The Hall–Kier alpha value is -4.31.